The summed E-state index contributed by atoms with van der Waals surface area (Å²) in [5.74, 6) is 1.19. The molecule has 0 bridgehead atoms. The van der Waals surface area contributed by atoms with Gasteiger partial charge in [-0.15, -0.1) is 12.3 Å². The number of carbonyl (C=O) groups excluding carboxylic acids is 3. The van der Waals surface area contributed by atoms with E-state index in [9.17, 15) is 24.6 Å². The number of terminal acetylenes is 1. The summed E-state index contributed by atoms with van der Waals surface area (Å²) < 4.78 is 0. The molecule has 0 spiro atoms. The Morgan fingerprint density at radius 1 is 1.00 bits per heavy atom. The molecule has 5 N–H and O–H groups in total. The van der Waals surface area contributed by atoms with Crippen molar-refractivity contribution in [2.45, 2.75) is 130 Å². The molecule has 1 aromatic rings. The van der Waals surface area contributed by atoms with Gasteiger partial charge in [-0.25, -0.2) is 0 Å². The van der Waals surface area contributed by atoms with E-state index in [1.165, 1.54) is 6.42 Å². The van der Waals surface area contributed by atoms with Gasteiger partial charge in [-0.3, -0.25) is 14.4 Å². The van der Waals surface area contributed by atoms with Gasteiger partial charge in [0, 0.05) is 39.0 Å². The molecular weight excluding hydrogens is 580 g/mol. The quantitative estimate of drug-likeness (QED) is 0.145. The summed E-state index contributed by atoms with van der Waals surface area (Å²) in [6, 6.07) is 8.05. The first-order chi connectivity index (χ1) is 21.4. The number of hydrogen-bond donors (Lipinski definition) is 5. The van der Waals surface area contributed by atoms with Crippen molar-refractivity contribution in [2.24, 2.45) is 17.8 Å². The van der Waals surface area contributed by atoms with Crippen LogP contribution in [-0.2, 0) is 20.8 Å². The smallest absolute Gasteiger partial charge is 0.243 e. The summed E-state index contributed by atoms with van der Waals surface area (Å²) in [4.78, 5) is 42.2. The summed E-state index contributed by atoms with van der Waals surface area (Å²) in [6.07, 6.45) is 10.1. The van der Waals surface area contributed by atoms with Crippen LogP contribution in [0, 0.1) is 30.1 Å². The minimum atomic E-state index is -1.15. The third kappa shape index (κ3) is 15.1. The number of aliphatic hydroxyl groups excluding tert-OH is 2. The Kier molecular flexibility index (Phi) is 19.5. The SMILES string of the molecule is C.C#CC[C@H](NC(=O)[C@@H](CC(=O)N(C)CCNC(C)C)Cc1ccccc1)C(=O)N[C@@H](CC1CCCCC1)[C@@H](O)[C@@H](O)CC(C)C. The summed E-state index contributed by atoms with van der Waals surface area (Å²) in [7, 11) is 1.72. The average Bonchev–Trinajstić information content (AvgIpc) is 3.00. The van der Waals surface area contributed by atoms with Gasteiger partial charge in [-0.2, -0.15) is 0 Å². The Morgan fingerprint density at radius 3 is 2.24 bits per heavy atom. The Hall–Kier alpha value is -2.93. The van der Waals surface area contributed by atoms with Crippen molar-refractivity contribution in [3.8, 4) is 12.3 Å². The Bertz CT molecular complexity index is 1070. The average molecular weight is 643 g/mol. The molecule has 1 aliphatic rings. The predicted octanol–water partition coefficient (Wildman–Crippen LogP) is 4.06. The first-order valence-electron chi connectivity index (χ1n) is 16.8. The molecule has 1 saturated carbocycles. The molecule has 0 heterocycles. The normalized spacial score (nSPS) is 16.8. The van der Waals surface area contributed by atoms with E-state index in [4.69, 9.17) is 6.42 Å². The van der Waals surface area contributed by atoms with Crippen LogP contribution >= 0.6 is 0 Å². The summed E-state index contributed by atoms with van der Waals surface area (Å²) in [5, 5.41) is 31.0. The van der Waals surface area contributed by atoms with E-state index in [-0.39, 0.29) is 32.1 Å². The maximum absolute atomic E-state index is 13.7. The number of benzene rings is 1. The Labute approximate surface area is 278 Å². The van der Waals surface area contributed by atoms with Crippen LogP contribution in [0.25, 0.3) is 0 Å². The van der Waals surface area contributed by atoms with Crippen LogP contribution in [0.15, 0.2) is 30.3 Å². The van der Waals surface area contributed by atoms with E-state index in [2.05, 4.69) is 21.9 Å². The lowest BCUT2D eigenvalue weighted by molar-refractivity contribution is -0.136. The maximum atomic E-state index is 13.7. The highest BCUT2D eigenvalue weighted by Crippen LogP contribution is 2.29. The molecular formula is C37H62N4O5. The topological polar surface area (TPSA) is 131 Å². The Morgan fingerprint density at radius 2 is 1.65 bits per heavy atom. The second kappa shape index (κ2) is 21.8. The van der Waals surface area contributed by atoms with Crippen LogP contribution in [0.4, 0.5) is 0 Å². The van der Waals surface area contributed by atoms with Gasteiger partial charge in [0.1, 0.15) is 12.1 Å². The molecule has 1 aromatic carbocycles. The molecule has 0 aromatic heterocycles. The van der Waals surface area contributed by atoms with Crippen LogP contribution in [0.3, 0.4) is 0 Å². The minimum Gasteiger partial charge on any atom is -0.390 e. The van der Waals surface area contributed by atoms with Gasteiger partial charge in [0.25, 0.3) is 0 Å². The number of carbonyl (C=O) groups is 3. The van der Waals surface area contributed by atoms with Gasteiger partial charge in [0.15, 0.2) is 0 Å². The molecule has 0 saturated heterocycles. The molecule has 5 atom stereocenters. The van der Waals surface area contributed by atoms with Crippen molar-refractivity contribution < 1.29 is 24.6 Å². The van der Waals surface area contributed by atoms with Crippen molar-refractivity contribution in [3.63, 3.8) is 0 Å². The number of aliphatic hydroxyl groups is 2. The highest BCUT2D eigenvalue weighted by atomic mass is 16.3. The van der Waals surface area contributed by atoms with Gasteiger partial charge in [0.2, 0.25) is 17.7 Å². The monoisotopic (exact) mass is 642 g/mol. The van der Waals surface area contributed by atoms with Crippen molar-refractivity contribution in [3.05, 3.63) is 35.9 Å². The predicted molar refractivity (Wildman–Crippen MR) is 186 cm³/mol. The number of amides is 3. The molecule has 0 aliphatic heterocycles. The highest BCUT2D eigenvalue weighted by molar-refractivity contribution is 5.91. The fourth-order valence-corrected chi connectivity index (χ4v) is 6.02. The van der Waals surface area contributed by atoms with Crippen molar-refractivity contribution in [1.29, 1.82) is 0 Å². The lowest BCUT2D eigenvalue weighted by Crippen LogP contribution is -2.56. The van der Waals surface area contributed by atoms with Gasteiger partial charge in [-0.05, 0) is 36.7 Å². The number of nitrogens with one attached hydrogen (secondary N) is 3. The van der Waals surface area contributed by atoms with Gasteiger partial charge >= 0.3 is 0 Å². The molecule has 0 radical (unpaired) electrons. The summed E-state index contributed by atoms with van der Waals surface area (Å²) >= 11 is 0. The van der Waals surface area contributed by atoms with Crippen molar-refractivity contribution >= 4 is 17.7 Å². The lowest BCUT2D eigenvalue weighted by Gasteiger charge is -2.33. The number of hydrogen-bond acceptors (Lipinski definition) is 6. The Balaban J connectivity index is 0.0000106. The zero-order valence-corrected chi connectivity index (χ0v) is 28.1. The van der Waals surface area contributed by atoms with Crippen LogP contribution < -0.4 is 16.0 Å². The second-order valence-electron chi connectivity index (χ2n) is 13.5. The van der Waals surface area contributed by atoms with E-state index < -0.39 is 42.0 Å². The van der Waals surface area contributed by atoms with E-state index in [0.29, 0.717) is 44.3 Å². The fourth-order valence-electron chi connectivity index (χ4n) is 6.02. The molecule has 0 unspecified atom stereocenters. The maximum Gasteiger partial charge on any atom is 0.243 e. The summed E-state index contributed by atoms with van der Waals surface area (Å²) in [6.45, 7) is 9.17. The van der Waals surface area contributed by atoms with E-state index >= 15 is 0 Å². The highest BCUT2D eigenvalue weighted by Gasteiger charge is 2.34. The zero-order valence-electron chi connectivity index (χ0n) is 28.1. The zero-order chi connectivity index (χ0) is 33.4. The molecule has 1 aliphatic carbocycles. The third-order valence-corrected chi connectivity index (χ3v) is 8.66. The minimum absolute atomic E-state index is 0. The number of nitrogens with zero attached hydrogens (tertiary/aromatic N) is 1. The van der Waals surface area contributed by atoms with E-state index in [0.717, 1.165) is 31.2 Å². The van der Waals surface area contributed by atoms with Gasteiger partial charge < -0.3 is 31.1 Å². The van der Waals surface area contributed by atoms with Crippen LogP contribution in [0.1, 0.15) is 98.5 Å². The van der Waals surface area contributed by atoms with Crippen LogP contribution in [0.2, 0.25) is 0 Å². The second-order valence-corrected chi connectivity index (χ2v) is 13.5. The van der Waals surface area contributed by atoms with Gasteiger partial charge in [0.05, 0.1) is 18.1 Å². The molecule has 9 heteroatoms. The molecule has 260 valence electrons. The molecule has 46 heavy (non-hydrogen) atoms. The molecule has 2 rings (SSSR count). The molecule has 3 amide bonds. The van der Waals surface area contributed by atoms with Crippen molar-refractivity contribution in [2.75, 3.05) is 20.1 Å². The first kappa shape index (κ1) is 41.1. The van der Waals surface area contributed by atoms with Crippen LogP contribution in [-0.4, -0.2) is 83.3 Å². The van der Waals surface area contributed by atoms with E-state index in [1.54, 1.807) is 11.9 Å². The molecule has 1 fully saturated rings. The van der Waals surface area contributed by atoms with Crippen molar-refractivity contribution in [1.82, 2.24) is 20.9 Å². The largest absolute Gasteiger partial charge is 0.390 e. The number of likely N-dealkylation sites (N-methyl/N-ethyl adjacent to an activating group) is 1. The molecule has 9 nitrogen and oxygen atoms in total. The standard InChI is InChI=1S/C36H58N4O5.CH4/c1-7-14-30(36(45)39-31(23-28-17-12-9-13-18-28)34(43)32(41)21-25(2)3)38-35(44)29(22-27-15-10-8-11-16-27)24-33(42)40(6)20-19-37-26(4)5;/h1,8,10-11,15-16,25-26,28-32,34,37,41,43H,9,12-14,17-24H2,2-6H3,(H,38,44)(H,39,45);1H4/t29-,30+,31+,32+,34-;/m1./s1. The van der Waals surface area contributed by atoms with E-state index in [1.807, 2.05) is 58.0 Å². The number of rotatable bonds is 19. The van der Waals surface area contributed by atoms with Crippen LogP contribution in [0.5, 0.6) is 0 Å². The van der Waals surface area contributed by atoms with Gasteiger partial charge in [-0.1, -0.05) is 97.6 Å². The lowest BCUT2D eigenvalue weighted by atomic mass is 9.82. The summed E-state index contributed by atoms with van der Waals surface area (Å²) in [5.41, 5.74) is 0.905. The first-order valence-corrected chi connectivity index (χ1v) is 16.8. The fraction of sp³-hybridized carbons (Fsp3) is 0.703. The third-order valence-electron chi connectivity index (χ3n) is 8.66.